The van der Waals surface area contributed by atoms with Gasteiger partial charge in [0.05, 0.1) is 43.4 Å². The molecule has 9 atom stereocenters. The molecule has 0 unspecified atom stereocenters. The standard InChI is InChI=1S/C48H56N8O20S/c49-77(68,69)72-23-27-20-28(55-16-12-30-44(51-24-52-45(30)55)54-31-7-6-26-3-1-2-4-29(26)31)21-34(27)74-48(67)71-22-25-5-8-33(73-47-42(64)40(62)41(63)43(75-47)46(65)66)32(19-25)53-36(58)11-15-50-35(57)13-17-70-18-14-39(61)76-56-37(59)9-10-38(56)60/h1-5,8,12,16,19,24,27-28,31,34,40-43,47,62-64H,6-7,9-11,13-15,17-18,20-23H2,(H,50,57)(H,53,58)(H,65,66)(H2,49,68,69)(H,51,52,54)/t27-,28+,31-,34+,40-,41-,42+,43-,47+/m0/s1. The quantitative estimate of drug-likeness (QED) is 0.0285. The summed E-state index contributed by atoms with van der Waals surface area (Å²) in [4.78, 5) is 99.9. The fourth-order valence-corrected chi connectivity index (χ4v) is 9.69. The zero-order valence-electron chi connectivity index (χ0n) is 41.0. The number of fused-ring (bicyclic) bond motifs is 2. The average molecular weight is 1100 g/mol. The molecule has 2 aliphatic heterocycles. The smallest absolute Gasteiger partial charge is 0.479 e. The zero-order valence-corrected chi connectivity index (χ0v) is 41.8. The van der Waals surface area contributed by atoms with Crippen molar-refractivity contribution in [3.05, 3.63) is 77.7 Å². The van der Waals surface area contributed by atoms with E-state index >= 15 is 0 Å². The van der Waals surface area contributed by atoms with Crippen LogP contribution in [-0.2, 0) is 80.1 Å². The molecule has 28 nitrogen and oxygen atoms in total. The minimum absolute atomic E-state index is 0.0436. The summed E-state index contributed by atoms with van der Waals surface area (Å²) in [7, 11) is -4.39. The van der Waals surface area contributed by atoms with E-state index in [0.29, 0.717) is 16.5 Å². The van der Waals surface area contributed by atoms with Gasteiger partial charge in [0.15, 0.2) is 6.10 Å². The molecule has 2 aromatic heterocycles. The zero-order chi connectivity index (χ0) is 55.0. The Kier molecular flexibility index (Phi) is 17.9. The Bertz CT molecular complexity index is 2960. The molecular formula is C48H56N8O20S. The molecule has 4 aliphatic rings. The molecule has 2 aromatic carbocycles. The van der Waals surface area contributed by atoms with Crippen molar-refractivity contribution in [3.8, 4) is 5.75 Å². The number of carboxylic acids is 1. The van der Waals surface area contributed by atoms with E-state index in [9.17, 15) is 62.4 Å². The van der Waals surface area contributed by atoms with Crippen molar-refractivity contribution in [1.82, 2.24) is 24.9 Å². The fourth-order valence-electron chi connectivity index (χ4n) is 9.33. The van der Waals surface area contributed by atoms with Crippen LogP contribution < -0.4 is 25.8 Å². The van der Waals surface area contributed by atoms with Gasteiger partial charge in [-0.15, -0.1) is 5.06 Å². The van der Waals surface area contributed by atoms with Crippen molar-refractivity contribution in [2.75, 3.05) is 37.0 Å². The summed E-state index contributed by atoms with van der Waals surface area (Å²) >= 11 is 0. The van der Waals surface area contributed by atoms with Gasteiger partial charge in [-0.3, -0.25) is 23.4 Å². The highest BCUT2D eigenvalue weighted by Gasteiger charge is 2.48. The van der Waals surface area contributed by atoms with Crippen molar-refractivity contribution in [1.29, 1.82) is 0 Å². The van der Waals surface area contributed by atoms with E-state index in [2.05, 4.69) is 38.1 Å². The van der Waals surface area contributed by atoms with E-state index in [1.54, 1.807) is 0 Å². The first-order valence-electron chi connectivity index (χ1n) is 24.4. The van der Waals surface area contributed by atoms with Crippen LogP contribution in [0.2, 0.25) is 0 Å². The van der Waals surface area contributed by atoms with E-state index < -0.39 is 108 Å². The number of aromatic nitrogens is 3. The number of aliphatic carboxylic acids is 1. The molecule has 77 heavy (non-hydrogen) atoms. The summed E-state index contributed by atoms with van der Waals surface area (Å²) in [6.45, 7) is -1.41. The number of carbonyl (C=O) groups is 7. The summed E-state index contributed by atoms with van der Waals surface area (Å²) < 4.78 is 58.1. The number of aliphatic hydroxyl groups excluding tert-OH is 3. The van der Waals surface area contributed by atoms with Crippen molar-refractivity contribution < 1.29 is 95.1 Å². The van der Waals surface area contributed by atoms with E-state index in [0.717, 1.165) is 18.2 Å². The first kappa shape index (κ1) is 55.8. The van der Waals surface area contributed by atoms with Gasteiger partial charge in [0.2, 0.25) is 18.1 Å². The highest BCUT2D eigenvalue weighted by atomic mass is 32.2. The molecule has 4 heterocycles. The summed E-state index contributed by atoms with van der Waals surface area (Å²) in [5.74, 6) is -5.35. The molecule has 4 aromatic rings. The lowest BCUT2D eigenvalue weighted by molar-refractivity contribution is -0.271. The Morgan fingerprint density at radius 2 is 1.65 bits per heavy atom. The van der Waals surface area contributed by atoms with Crippen LogP contribution in [0.15, 0.2) is 61.1 Å². The van der Waals surface area contributed by atoms with Gasteiger partial charge < -0.3 is 69.5 Å². The Balaban J connectivity index is 0.881. The SMILES string of the molecule is NS(=O)(=O)OC[C@@H]1C[C@@H](n2ccc3c(N[C@H]4CCc5ccccc54)ncnc32)C[C@H]1OC(=O)OCc1ccc(O[C@@H]2O[C@H](C(=O)O)[C@@H](O)[C@H](O)[C@H]2O)c(NC(=O)CCNC(=O)CCOCCC(=O)ON2C(=O)CCC2=O)c1. The van der Waals surface area contributed by atoms with E-state index in [1.165, 1.54) is 35.7 Å². The molecule has 8 rings (SSSR count). The van der Waals surface area contributed by atoms with E-state index in [4.69, 9.17) is 37.8 Å². The normalized spacial score (nSPS) is 24.1. The maximum absolute atomic E-state index is 13.4. The van der Waals surface area contributed by atoms with Crippen LogP contribution in [0.3, 0.4) is 0 Å². The molecule has 2 saturated heterocycles. The number of anilines is 2. The van der Waals surface area contributed by atoms with Crippen LogP contribution in [0, 0.1) is 5.92 Å². The second-order valence-electron chi connectivity index (χ2n) is 18.5. The number of nitrogens with one attached hydrogen (secondary N) is 3. The monoisotopic (exact) mass is 1100 g/mol. The second kappa shape index (κ2) is 24.7. The third kappa shape index (κ3) is 14.2. The van der Waals surface area contributed by atoms with Gasteiger partial charge in [0, 0.05) is 56.8 Å². The number of nitrogens with zero attached hydrogens (tertiary/aromatic N) is 4. The predicted octanol–water partition coefficient (Wildman–Crippen LogP) is 0.544. The first-order valence-corrected chi connectivity index (χ1v) is 25.9. The maximum Gasteiger partial charge on any atom is 0.508 e. The molecule has 9 N–H and O–H groups in total. The Morgan fingerprint density at radius 1 is 0.883 bits per heavy atom. The summed E-state index contributed by atoms with van der Waals surface area (Å²) in [5, 5.41) is 55.7. The number of aliphatic hydroxyl groups is 3. The minimum atomic E-state index is -4.39. The van der Waals surface area contributed by atoms with Crippen LogP contribution >= 0.6 is 0 Å². The van der Waals surface area contributed by atoms with Crippen molar-refractivity contribution >= 4 is 74.6 Å². The predicted molar refractivity (Wildman–Crippen MR) is 259 cm³/mol. The van der Waals surface area contributed by atoms with Crippen LogP contribution in [0.1, 0.15) is 80.1 Å². The summed E-state index contributed by atoms with van der Waals surface area (Å²) in [6, 6.07) is 13.7. The number of benzene rings is 2. The molecular weight excluding hydrogens is 1040 g/mol. The van der Waals surface area contributed by atoms with Crippen LogP contribution in [0.25, 0.3) is 11.0 Å². The molecule has 2 aliphatic carbocycles. The number of ether oxygens (including phenoxy) is 5. The van der Waals surface area contributed by atoms with Gasteiger partial charge >= 0.3 is 28.4 Å². The van der Waals surface area contributed by atoms with Crippen LogP contribution in [0.4, 0.5) is 16.3 Å². The molecule has 0 spiro atoms. The Hall–Kier alpha value is -7.38. The van der Waals surface area contributed by atoms with Gasteiger partial charge in [-0.05, 0) is 54.2 Å². The lowest BCUT2D eigenvalue weighted by Crippen LogP contribution is -2.61. The lowest BCUT2D eigenvalue weighted by atomic mass is 9.99. The first-order chi connectivity index (χ1) is 36.8. The third-order valence-corrected chi connectivity index (χ3v) is 13.6. The van der Waals surface area contributed by atoms with E-state index in [-0.39, 0.29) is 93.8 Å². The molecule has 4 amide bonds. The van der Waals surface area contributed by atoms with E-state index in [1.807, 2.05) is 29.0 Å². The fraction of sp³-hybridized carbons (Fsp3) is 0.479. The Labute approximate surface area is 438 Å². The number of amides is 4. The van der Waals surface area contributed by atoms with Crippen molar-refractivity contribution in [3.63, 3.8) is 0 Å². The number of carbonyl (C=O) groups excluding carboxylic acids is 6. The average Bonchev–Trinajstić information content (AvgIpc) is 4.26. The van der Waals surface area contributed by atoms with Gasteiger partial charge in [-0.1, -0.05) is 30.3 Å². The Morgan fingerprint density at radius 3 is 2.42 bits per heavy atom. The molecule has 29 heteroatoms. The van der Waals surface area contributed by atoms with Gasteiger partial charge in [0.1, 0.15) is 54.6 Å². The number of hydrogen-bond donors (Lipinski definition) is 8. The van der Waals surface area contributed by atoms with Gasteiger partial charge in [-0.25, -0.2) is 29.5 Å². The molecule has 414 valence electrons. The molecule has 0 bridgehead atoms. The summed E-state index contributed by atoms with van der Waals surface area (Å²) in [6.07, 6.45) is -7.43. The number of hydrogen-bond acceptors (Lipinski definition) is 22. The highest BCUT2D eigenvalue weighted by molar-refractivity contribution is 7.84. The second-order valence-corrected chi connectivity index (χ2v) is 19.7. The third-order valence-electron chi connectivity index (χ3n) is 13.2. The number of hydroxylamine groups is 2. The highest BCUT2D eigenvalue weighted by Crippen LogP contribution is 2.41. The largest absolute Gasteiger partial charge is 0.508 e. The lowest BCUT2D eigenvalue weighted by Gasteiger charge is -2.38. The number of nitrogens with two attached hydrogens (primary N) is 1. The topological polar surface area (TPSA) is 395 Å². The number of carboxylic acid groups (broad SMARTS) is 1. The maximum atomic E-state index is 13.4. The van der Waals surface area contributed by atoms with Crippen LogP contribution in [0.5, 0.6) is 5.75 Å². The number of aryl methyl sites for hydroxylation is 1. The van der Waals surface area contributed by atoms with Crippen molar-refractivity contribution in [2.24, 2.45) is 11.1 Å². The summed E-state index contributed by atoms with van der Waals surface area (Å²) in [5.41, 5.74) is 3.12. The minimum Gasteiger partial charge on any atom is -0.479 e. The molecule has 0 radical (unpaired) electrons. The number of rotatable bonds is 23. The molecule has 1 saturated carbocycles. The van der Waals surface area contributed by atoms with Gasteiger partial charge in [-0.2, -0.15) is 8.42 Å². The molecule has 3 fully saturated rings. The number of imide groups is 1. The van der Waals surface area contributed by atoms with Gasteiger partial charge in [0.25, 0.3) is 11.8 Å². The van der Waals surface area contributed by atoms with Crippen molar-refractivity contribution in [2.45, 2.75) is 113 Å². The van der Waals surface area contributed by atoms with Crippen LogP contribution in [-0.4, -0.2) is 153 Å².